The molecule has 1 amide bonds. The highest BCUT2D eigenvalue weighted by atomic mass is 16.5. The van der Waals surface area contributed by atoms with Gasteiger partial charge in [0.05, 0.1) is 12.2 Å². The van der Waals surface area contributed by atoms with Crippen LogP contribution in [0, 0.1) is 20.8 Å². The van der Waals surface area contributed by atoms with E-state index in [2.05, 4.69) is 4.98 Å². The number of aromatic hydroxyl groups is 1. The second-order valence-electron chi connectivity index (χ2n) is 9.16. The standard InChI is InChI=1S/C26H31N3O6/c1-15-10-18(11-16(2)23(15)35-26(4,5)25(32)33)12-29(14-22(27)31)13-21-17(3)34-24(28-21)19-6-8-20(30)9-7-19/h6-11,30H,12-14H2,1-5H3,(H2,27,31)(H,32,33). The summed E-state index contributed by atoms with van der Waals surface area (Å²) in [4.78, 5) is 29.7. The maximum Gasteiger partial charge on any atom is 0.347 e. The van der Waals surface area contributed by atoms with Gasteiger partial charge in [0.1, 0.15) is 17.3 Å². The van der Waals surface area contributed by atoms with Gasteiger partial charge >= 0.3 is 5.97 Å². The number of nitrogens with zero attached hydrogens (tertiary/aromatic N) is 2. The van der Waals surface area contributed by atoms with Crippen LogP contribution in [-0.4, -0.2) is 44.1 Å². The Kier molecular flexibility index (Phi) is 7.50. The summed E-state index contributed by atoms with van der Waals surface area (Å²) in [5.74, 6) is 0.191. The third-order valence-corrected chi connectivity index (χ3v) is 5.56. The third kappa shape index (κ3) is 6.39. The van der Waals surface area contributed by atoms with E-state index in [0.717, 1.165) is 22.3 Å². The normalized spacial score (nSPS) is 11.6. The lowest BCUT2D eigenvalue weighted by Crippen LogP contribution is -2.38. The number of phenols is 1. The minimum Gasteiger partial charge on any atom is -0.508 e. The number of carbonyl (C=O) groups excluding carboxylic acids is 1. The smallest absolute Gasteiger partial charge is 0.347 e. The van der Waals surface area contributed by atoms with Crippen LogP contribution in [0.15, 0.2) is 40.8 Å². The van der Waals surface area contributed by atoms with Gasteiger partial charge < -0.3 is 25.1 Å². The van der Waals surface area contributed by atoms with Crippen molar-refractivity contribution in [3.8, 4) is 23.0 Å². The molecule has 0 aliphatic carbocycles. The quantitative estimate of drug-likeness (QED) is 0.398. The van der Waals surface area contributed by atoms with Gasteiger partial charge in [0.25, 0.3) is 0 Å². The van der Waals surface area contributed by atoms with Crippen molar-refractivity contribution in [2.24, 2.45) is 5.73 Å². The van der Waals surface area contributed by atoms with Gasteiger partial charge in [-0.05, 0) is 75.6 Å². The highest BCUT2D eigenvalue weighted by molar-refractivity contribution is 5.77. The van der Waals surface area contributed by atoms with Crippen molar-refractivity contribution in [1.82, 2.24) is 9.88 Å². The Labute approximate surface area is 204 Å². The number of carboxylic acids is 1. The van der Waals surface area contributed by atoms with E-state index in [0.29, 0.717) is 36.2 Å². The van der Waals surface area contributed by atoms with Gasteiger partial charge in [-0.15, -0.1) is 0 Å². The fourth-order valence-electron chi connectivity index (χ4n) is 3.75. The van der Waals surface area contributed by atoms with Gasteiger partial charge in [0, 0.05) is 18.7 Å². The summed E-state index contributed by atoms with van der Waals surface area (Å²) in [5.41, 5.74) is 8.04. The molecule has 0 bridgehead atoms. The average molecular weight is 482 g/mol. The van der Waals surface area contributed by atoms with Gasteiger partial charge in [-0.3, -0.25) is 9.69 Å². The largest absolute Gasteiger partial charge is 0.508 e. The maximum absolute atomic E-state index is 11.8. The molecule has 0 spiro atoms. The van der Waals surface area contributed by atoms with Crippen LogP contribution < -0.4 is 10.5 Å². The van der Waals surface area contributed by atoms with Crippen LogP contribution in [0.5, 0.6) is 11.5 Å². The predicted molar refractivity (Wildman–Crippen MR) is 130 cm³/mol. The van der Waals surface area contributed by atoms with E-state index in [-0.39, 0.29) is 12.3 Å². The first-order chi connectivity index (χ1) is 16.4. The number of amides is 1. The molecule has 0 radical (unpaired) electrons. The van der Waals surface area contributed by atoms with E-state index < -0.39 is 17.5 Å². The molecule has 2 aromatic carbocycles. The molecule has 1 heterocycles. The molecule has 3 aromatic rings. The second kappa shape index (κ2) is 10.2. The molecule has 0 unspecified atom stereocenters. The highest BCUT2D eigenvalue weighted by Gasteiger charge is 2.30. The van der Waals surface area contributed by atoms with Gasteiger partial charge in [-0.2, -0.15) is 0 Å². The number of aliphatic carboxylic acids is 1. The number of carboxylic acid groups (broad SMARTS) is 1. The monoisotopic (exact) mass is 481 g/mol. The molecule has 0 aliphatic rings. The number of rotatable bonds is 10. The van der Waals surface area contributed by atoms with Crippen molar-refractivity contribution >= 4 is 11.9 Å². The summed E-state index contributed by atoms with van der Waals surface area (Å²) in [6.45, 7) is 9.28. The number of aryl methyl sites for hydroxylation is 3. The van der Waals surface area contributed by atoms with Gasteiger partial charge in [-0.25, -0.2) is 9.78 Å². The molecule has 0 atom stereocenters. The van der Waals surface area contributed by atoms with Crippen LogP contribution in [0.4, 0.5) is 0 Å². The number of aromatic nitrogens is 1. The SMILES string of the molecule is Cc1cc(CN(CC(N)=O)Cc2nc(-c3ccc(O)cc3)oc2C)cc(C)c1OC(C)(C)C(=O)O. The predicted octanol–water partition coefficient (Wildman–Crippen LogP) is 3.70. The zero-order valence-electron chi connectivity index (χ0n) is 20.6. The van der Waals surface area contributed by atoms with Crippen molar-refractivity contribution in [2.45, 2.75) is 53.3 Å². The number of hydrogen-bond donors (Lipinski definition) is 3. The number of oxazole rings is 1. The molecular weight excluding hydrogens is 450 g/mol. The van der Waals surface area contributed by atoms with E-state index in [1.54, 1.807) is 31.2 Å². The number of phenolic OH excluding ortho intramolecular Hbond substituents is 1. The molecule has 35 heavy (non-hydrogen) atoms. The number of hydrogen-bond acceptors (Lipinski definition) is 7. The van der Waals surface area contributed by atoms with Crippen molar-refractivity contribution in [3.63, 3.8) is 0 Å². The fraction of sp³-hybridized carbons (Fsp3) is 0.346. The Balaban J connectivity index is 1.83. The van der Waals surface area contributed by atoms with E-state index >= 15 is 0 Å². The Bertz CT molecular complexity index is 1210. The topological polar surface area (TPSA) is 139 Å². The molecule has 3 rings (SSSR count). The third-order valence-electron chi connectivity index (χ3n) is 5.56. The minimum absolute atomic E-state index is 0.0171. The maximum atomic E-state index is 11.8. The number of carbonyl (C=O) groups is 2. The Morgan fingerprint density at radius 2 is 1.69 bits per heavy atom. The van der Waals surface area contributed by atoms with Crippen LogP contribution >= 0.6 is 0 Å². The summed E-state index contributed by atoms with van der Waals surface area (Å²) >= 11 is 0. The molecule has 1 aromatic heterocycles. The van der Waals surface area contributed by atoms with Crippen LogP contribution in [0.1, 0.15) is 42.0 Å². The first kappa shape index (κ1) is 25.8. The van der Waals surface area contributed by atoms with Gasteiger partial charge in [0.2, 0.25) is 11.8 Å². The fourth-order valence-corrected chi connectivity index (χ4v) is 3.75. The Hall–Kier alpha value is -3.85. The van der Waals surface area contributed by atoms with E-state index in [4.69, 9.17) is 14.9 Å². The lowest BCUT2D eigenvalue weighted by atomic mass is 10.0. The first-order valence-corrected chi connectivity index (χ1v) is 11.1. The zero-order valence-corrected chi connectivity index (χ0v) is 20.6. The molecule has 0 saturated heterocycles. The molecule has 0 fully saturated rings. The molecule has 9 heteroatoms. The number of benzene rings is 2. The summed E-state index contributed by atoms with van der Waals surface area (Å²) in [6.07, 6.45) is 0. The van der Waals surface area contributed by atoms with Crippen LogP contribution in [0.3, 0.4) is 0 Å². The van der Waals surface area contributed by atoms with Gasteiger partial charge in [-0.1, -0.05) is 12.1 Å². The van der Waals surface area contributed by atoms with Crippen LogP contribution in [0.2, 0.25) is 0 Å². The van der Waals surface area contributed by atoms with Crippen LogP contribution in [0.25, 0.3) is 11.5 Å². The van der Waals surface area contributed by atoms with Crippen molar-refractivity contribution in [1.29, 1.82) is 0 Å². The lowest BCUT2D eigenvalue weighted by Gasteiger charge is -2.25. The van der Waals surface area contributed by atoms with Crippen LogP contribution in [-0.2, 0) is 22.7 Å². The average Bonchev–Trinajstić information content (AvgIpc) is 3.11. The summed E-state index contributed by atoms with van der Waals surface area (Å²) < 4.78 is 11.6. The Morgan fingerprint density at radius 1 is 1.09 bits per heavy atom. The van der Waals surface area contributed by atoms with E-state index in [9.17, 15) is 19.8 Å². The molecule has 186 valence electrons. The minimum atomic E-state index is -1.37. The number of nitrogens with two attached hydrogens (primary N) is 1. The molecule has 4 N–H and O–H groups in total. The zero-order chi connectivity index (χ0) is 25.9. The molecular formula is C26H31N3O6. The van der Waals surface area contributed by atoms with E-state index in [1.165, 1.54) is 13.8 Å². The lowest BCUT2D eigenvalue weighted by molar-refractivity contribution is -0.152. The number of primary amides is 1. The highest BCUT2D eigenvalue weighted by Crippen LogP contribution is 2.30. The summed E-state index contributed by atoms with van der Waals surface area (Å²) in [6, 6.07) is 10.4. The number of ether oxygens (including phenoxy) is 1. The summed E-state index contributed by atoms with van der Waals surface area (Å²) in [7, 11) is 0. The van der Waals surface area contributed by atoms with Crippen molar-refractivity contribution < 1.29 is 29.0 Å². The first-order valence-electron chi connectivity index (χ1n) is 11.1. The Morgan fingerprint density at radius 3 is 2.23 bits per heavy atom. The second-order valence-corrected chi connectivity index (χ2v) is 9.16. The summed E-state index contributed by atoms with van der Waals surface area (Å²) in [5, 5.41) is 18.9. The molecule has 0 aliphatic heterocycles. The van der Waals surface area contributed by atoms with E-state index in [1.807, 2.05) is 30.9 Å². The van der Waals surface area contributed by atoms with Crippen molar-refractivity contribution in [2.75, 3.05) is 6.54 Å². The molecule has 9 nitrogen and oxygen atoms in total. The van der Waals surface area contributed by atoms with Crippen molar-refractivity contribution in [3.05, 3.63) is 64.5 Å². The van der Waals surface area contributed by atoms with Gasteiger partial charge in [0.15, 0.2) is 5.60 Å². The molecule has 0 saturated carbocycles.